The van der Waals surface area contributed by atoms with Gasteiger partial charge < -0.3 is 10.5 Å². The van der Waals surface area contributed by atoms with Gasteiger partial charge >= 0.3 is 0 Å². The maximum absolute atomic E-state index is 6.25. The van der Waals surface area contributed by atoms with Crippen molar-refractivity contribution in [2.75, 3.05) is 26.7 Å². The van der Waals surface area contributed by atoms with Gasteiger partial charge in [-0.25, -0.2) is 0 Å². The number of rotatable bonds is 4. The van der Waals surface area contributed by atoms with E-state index in [0.717, 1.165) is 26.1 Å². The van der Waals surface area contributed by atoms with Crippen LogP contribution in [0.25, 0.3) is 0 Å². The zero-order chi connectivity index (χ0) is 12.3. The fourth-order valence-electron chi connectivity index (χ4n) is 2.44. The van der Waals surface area contributed by atoms with Crippen molar-refractivity contribution in [3.63, 3.8) is 0 Å². The zero-order valence-corrected chi connectivity index (χ0v) is 10.7. The minimum atomic E-state index is 0.102. The van der Waals surface area contributed by atoms with Crippen LogP contribution in [0.15, 0.2) is 24.3 Å². The second kappa shape index (κ2) is 5.63. The number of methoxy groups -OCH3 is 1. The molecule has 1 saturated heterocycles. The molecule has 1 aromatic carbocycles. The summed E-state index contributed by atoms with van der Waals surface area (Å²) in [5.74, 6) is 0. The molecule has 2 atom stereocenters. The van der Waals surface area contributed by atoms with Crippen LogP contribution in [-0.2, 0) is 4.74 Å². The summed E-state index contributed by atoms with van der Waals surface area (Å²) in [7, 11) is 1.79. The summed E-state index contributed by atoms with van der Waals surface area (Å²) in [4.78, 5) is 2.39. The summed E-state index contributed by atoms with van der Waals surface area (Å²) >= 11 is 0. The molecule has 2 rings (SSSR count). The molecule has 0 saturated carbocycles. The first-order valence-electron chi connectivity index (χ1n) is 6.26. The van der Waals surface area contributed by atoms with E-state index < -0.39 is 0 Å². The molecule has 0 aliphatic carbocycles. The highest BCUT2D eigenvalue weighted by Crippen LogP contribution is 2.17. The highest BCUT2D eigenvalue weighted by atomic mass is 16.5. The minimum absolute atomic E-state index is 0.102. The van der Waals surface area contributed by atoms with Gasteiger partial charge in [-0.2, -0.15) is 0 Å². The van der Waals surface area contributed by atoms with E-state index in [1.54, 1.807) is 7.11 Å². The molecule has 94 valence electrons. The molecule has 1 aliphatic rings. The first-order chi connectivity index (χ1) is 8.19. The quantitative estimate of drug-likeness (QED) is 0.862. The lowest BCUT2D eigenvalue weighted by atomic mass is 10.0. The number of nitrogens with two attached hydrogens (primary N) is 1. The molecule has 0 aromatic heterocycles. The molecular weight excluding hydrogens is 212 g/mol. The third kappa shape index (κ3) is 3.28. The van der Waals surface area contributed by atoms with Crippen molar-refractivity contribution in [1.29, 1.82) is 0 Å². The molecule has 17 heavy (non-hydrogen) atoms. The smallest absolute Gasteiger partial charge is 0.0710 e. The molecule has 0 bridgehead atoms. The van der Waals surface area contributed by atoms with Gasteiger partial charge in [0.05, 0.1) is 6.10 Å². The van der Waals surface area contributed by atoms with Crippen molar-refractivity contribution in [2.45, 2.75) is 25.5 Å². The number of hydrogen-bond acceptors (Lipinski definition) is 3. The van der Waals surface area contributed by atoms with Crippen molar-refractivity contribution < 1.29 is 4.74 Å². The van der Waals surface area contributed by atoms with E-state index in [2.05, 4.69) is 36.1 Å². The third-order valence-corrected chi connectivity index (χ3v) is 3.49. The summed E-state index contributed by atoms with van der Waals surface area (Å²) in [6, 6.07) is 8.57. The van der Waals surface area contributed by atoms with Crippen molar-refractivity contribution in [2.24, 2.45) is 5.73 Å². The second-order valence-corrected chi connectivity index (χ2v) is 4.93. The van der Waals surface area contributed by atoms with Gasteiger partial charge in [-0.1, -0.05) is 29.8 Å². The number of benzene rings is 1. The van der Waals surface area contributed by atoms with Crippen LogP contribution in [0.3, 0.4) is 0 Å². The molecule has 1 aliphatic heterocycles. The zero-order valence-electron chi connectivity index (χ0n) is 10.7. The Balaban J connectivity index is 1.91. The maximum atomic E-state index is 6.25. The topological polar surface area (TPSA) is 38.5 Å². The number of likely N-dealkylation sites (tertiary alicyclic amines) is 1. The number of aryl methyl sites for hydroxylation is 1. The first kappa shape index (κ1) is 12.6. The first-order valence-corrected chi connectivity index (χ1v) is 6.26. The van der Waals surface area contributed by atoms with Gasteiger partial charge in [0.25, 0.3) is 0 Å². The molecule has 3 nitrogen and oxygen atoms in total. The fraction of sp³-hybridized carbons (Fsp3) is 0.571. The number of hydrogen-bond donors (Lipinski definition) is 1. The van der Waals surface area contributed by atoms with E-state index in [0.29, 0.717) is 6.10 Å². The Morgan fingerprint density at radius 3 is 3.00 bits per heavy atom. The van der Waals surface area contributed by atoms with E-state index in [9.17, 15) is 0 Å². The van der Waals surface area contributed by atoms with Gasteiger partial charge in [-0.15, -0.1) is 0 Å². The Bertz CT molecular complexity index is 367. The second-order valence-electron chi connectivity index (χ2n) is 4.93. The van der Waals surface area contributed by atoms with Crippen molar-refractivity contribution in [1.82, 2.24) is 4.90 Å². The number of ether oxygens (including phenoxy) is 1. The van der Waals surface area contributed by atoms with Crippen molar-refractivity contribution >= 4 is 0 Å². The van der Waals surface area contributed by atoms with E-state index >= 15 is 0 Å². The molecule has 1 fully saturated rings. The fourth-order valence-corrected chi connectivity index (χ4v) is 2.44. The molecule has 3 heteroatoms. The van der Waals surface area contributed by atoms with Crippen LogP contribution < -0.4 is 5.73 Å². The van der Waals surface area contributed by atoms with Gasteiger partial charge in [0, 0.05) is 32.8 Å². The van der Waals surface area contributed by atoms with Crippen LogP contribution in [-0.4, -0.2) is 37.7 Å². The van der Waals surface area contributed by atoms with Crippen LogP contribution in [0.2, 0.25) is 0 Å². The summed E-state index contributed by atoms with van der Waals surface area (Å²) in [5, 5.41) is 0. The van der Waals surface area contributed by atoms with Gasteiger partial charge in [-0.05, 0) is 18.9 Å². The van der Waals surface area contributed by atoms with Crippen LogP contribution >= 0.6 is 0 Å². The van der Waals surface area contributed by atoms with Crippen molar-refractivity contribution in [3.05, 3.63) is 35.4 Å². The number of nitrogens with zero attached hydrogens (tertiary/aromatic N) is 1. The average Bonchev–Trinajstić information content (AvgIpc) is 2.77. The molecule has 1 heterocycles. The lowest BCUT2D eigenvalue weighted by Gasteiger charge is -2.21. The van der Waals surface area contributed by atoms with Crippen LogP contribution in [0.4, 0.5) is 0 Å². The normalized spacial score (nSPS) is 22.9. The Morgan fingerprint density at radius 1 is 1.53 bits per heavy atom. The molecule has 2 N–H and O–H groups in total. The van der Waals surface area contributed by atoms with Crippen molar-refractivity contribution in [3.8, 4) is 0 Å². The van der Waals surface area contributed by atoms with Crippen LogP contribution in [0.1, 0.15) is 23.6 Å². The molecule has 0 spiro atoms. The monoisotopic (exact) mass is 234 g/mol. The SMILES string of the molecule is COC1CCN(CC(N)c2cccc(C)c2)C1. The van der Waals surface area contributed by atoms with Gasteiger partial charge in [0.15, 0.2) is 0 Å². The lowest BCUT2D eigenvalue weighted by Crippen LogP contribution is -2.31. The summed E-state index contributed by atoms with van der Waals surface area (Å²) in [6.45, 7) is 5.13. The largest absolute Gasteiger partial charge is 0.380 e. The summed E-state index contributed by atoms with van der Waals surface area (Å²) in [6.07, 6.45) is 1.51. The van der Waals surface area contributed by atoms with E-state index in [-0.39, 0.29) is 6.04 Å². The van der Waals surface area contributed by atoms with Crippen LogP contribution in [0, 0.1) is 6.92 Å². The maximum Gasteiger partial charge on any atom is 0.0710 e. The lowest BCUT2D eigenvalue weighted by molar-refractivity contribution is 0.107. The average molecular weight is 234 g/mol. The molecule has 0 radical (unpaired) electrons. The highest BCUT2D eigenvalue weighted by Gasteiger charge is 2.23. The standard InChI is InChI=1S/C14H22N2O/c1-11-4-3-5-12(8-11)14(15)10-16-7-6-13(9-16)17-2/h3-5,8,13-14H,6-7,9-10,15H2,1-2H3. The molecule has 1 aromatic rings. The summed E-state index contributed by atoms with van der Waals surface area (Å²) < 4.78 is 5.37. The Hall–Kier alpha value is -0.900. The van der Waals surface area contributed by atoms with E-state index in [1.165, 1.54) is 11.1 Å². The molecule has 2 unspecified atom stereocenters. The van der Waals surface area contributed by atoms with Gasteiger partial charge in [0.1, 0.15) is 0 Å². The van der Waals surface area contributed by atoms with Crippen LogP contribution in [0.5, 0.6) is 0 Å². The summed E-state index contributed by atoms with van der Waals surface area (Å²) in [5.41, 5.74) is 8.75. The van der Waals surface area contributed by atoms with Gasteiger partial charge in [0.2, 0.25) is 0 Å². The van der Waals surface area contributed by atoms with Gasteiger partial charge in [-0.3, -0.25) is 4.90 Å². The van der Waals surface area contributed by atoms with E-state index in [1.807, 2.05) is 0 Å². The Kier molecular flexibility index (Phi) is 4.15. The third-order valence-electron chi connectivity index (χ3n) is 3.49. The predicted octanol–water partition coefficient (Wildman–Crippen LogP) is 1.72. The molecular formula is C14H22N2O. The Labute approximate surface area is 104 Å². The molecule has 0 amide bonds. The minimum Gasteiger partial charge on any atom is -0.380 e. The highest BCUT2D eigenvalue weighted by molar-refractivity contribution is 5.25. The predicted molar refractivity (Wildman–Crippen MR) is 70.0 cm³/mol. The Morgan fingerprint density at radius 2 is 2.35 bits per heavy atom. The van der Waals surface area contributed by atoms with E-state index in [4.69, 9.17) is 10.5 Å².